The molecule has 0 bridgehead atoms. The molecule has 0 fully saturated rings. The summed E-state index contributed by atoms with van der Waals surface area (Å²) in [6, 6.07) is 15.9. The molecule has 0 spiro atoms. The Kier molecular flexibility index (Phi) is 9.44. The number of ether oxygens (including phenoxy) is 3. The van der Waals surface area contributed by atoms with Crippen molar-refractivity contribution in [2.75, 3.05) is 47.1 Å². The first-order valence-corrected chi connectivity index (χ1v) is 13.4. The number of hydrogen-bond acceptors (Lipinski definition) is 6. The third-order valence-corrected chi connectivity index (χ3v) is 7.61. The first-order chi connectivity index (χ1) is 18.0. The molecule has 0 saturated heterocycles. The van der Waals surface area contributed by atoms with Gasteiger partial charge in [-0.1, -0.05) is 11.6 Å². The summed E-state index contributed by atoms with van der Waals surface area (Å²) < 4.78 is 16.5. The molecule has 1 aromatic heterocycles. The van der Waals surface area contributed by atoms with Crippen molar-refractivity contribution in [1.29, 1.82) is 0 Å². The molecule has 9 heteroatoms. The second-order valence-electron chi connectivity index (χ2n) is 8.72. The molecule has 2 amide bonds. The smallest absolute Gasteiger partial charge is 0.254 e. The van der Waals surface area contributed by atoms with Crippen LogP contribution >= 0.6 is 22.9 Å². The number of halogens is 1. The number of fused-ring (bicyclic) bond motifs is 1. The number of carbonyl (C=O) groups is 2. The molecule has 2 heterocycles. The van der Waals surface area contributed by atoms with Gasteiger partial charge < -0.3 is 24.0 Å². The Bertz CT molecular complexity index is 1180. The fourth-order valence-electron chi connectivity index (χ4n) is 4.40. The summed E-state index contributed by atoms with van der Waals surface area (Å²) in [5.41, 5.74) is 1.61. The predicted octanol–water partition coefficient (Wildman–Crippen LogP) is 5.09. The minimum absolute atomic E-state index is 0.0223. The second-order valence-corrected chi connectivity index (χ2v) is 10.2. The third kappa shape index (κ3) is 6.83. The van der Waals surface area contributed by atoms with Crippen LogP contribution in [0.3, 0.4) is 0 Å². The highest BCUT2D eigenvalue weighted by atomic mass is 35.5. The van der Waals surface area contributed by atoms with Crippen molar-refractivity contribution in [1.82, 2.24) is 9.80 Å². The Labute approximate surface area is 226 Å². The molecular formula is C28H31ClN2O5S. The largest absolute Gasteiger partial charge is 0.497 e. The first kappa shape index (κ1) is 27.0. The summed E-state index contributed by atoms with van der Waals surface area (Å²) in [5.74, 6) is 1.05. The minimum Gasteiger partial charge on any atom is -0.497 e. The standard InChI is InChI=1S/C28H31ClN2O5S/c1-34-16-3-14-30(28(33)20-4-8-22(35-2)9-5-20)18-27(32)31-15-12-26-24(13-17-37-26)25(31)19-36-23-10-6-21(29)7-11-23/h4-11,13,17,25H,3,12,14-16,18-19H2,1-2H3/t25-/m1/s1. The van der Waals surface area contributed by atoms with Crippen LogP contribution in [0, 0.1) is 0 Å². The van der Waals surface area contributed by atoms with Crippen LogP contribution < -0.4 is 9.47 Å². The predicted molar refractivity (Wildman–Crippen MR) is 145 cm³/mol. The van der Waals surface area contributed by atoms with Crippen LogP contribution in [0.15, 0.2) is 60.0 Å². The summed E-state index contributed by atoms with van der Waals surface area (Å²) in [6.45, 7) is 1.77. The van der Waals surface area contributed by atoms with Crippen molar-refractivity contribution in [2.45, 2.75) is 18.9 Å². The molecule has 2 aromatic carbocycles. The Morgan fingerprint density at radius 1 is 1.05 bits per heavy atom. The zero-order valence-electron chi connectivity index (χ0n) is 21.0. The number of methoxy groups -OCH3 is 2. The number of hydrogen-bond donors (Lipinski definition) is 0. The van der Waals surface area contributed by atoms with Crippen LogP contribution in [0.2, 0.25) is 5.02 Å². The van der Waals surface area contributed by atoms with Crippen LogP contribution in [0.1, 0.15) is 33.3 Å². The van der Waals surface area contributed by atoms with E-state index in [1.165, 1.54) is 4.88 Å². The number of amides is 2. The van der Waals surface area contributed by atoms with E-state index in [0.717, 1.165) is 12.0 Å². The summed E-state index contributed by atoms with van der Waals surface area (Å²) in [7, 11) is 3.20. The van der Waals surface area contributed by atoms with Gasteiger partial charge in [0, 0.05) is 42.3 Å². The maximum Gasteiger partial charge on any atom is 0.254 e. The lowest BCUT2D eigenvalue weighted by atomic mass is 10.0. The van der Waals surface area contributed by atoms with E-state index in [9.17, 15) is 9.59 Å². The minimum atomic E-state index is -0.241. The summed E-state index contributed by atoms with van der Waals surface area (Å²) in [4.78, 5) is 31.8. The van der Waals surface area contributed by atoms with Crippen LogP contribution in [-0.4, -0.2) is 68.7 Å². The molecule has 4 rings (SSSR count). The number of benzene rings is 2. The number of nitrogens with zero attached hydrogens (tertiary/aromatic N) is 2. The normalized spacial score (nSPS) is 14.7. The fraction of sp³-hybridized carbons (Fsp3) is 0.357. The van der Waals surface area contributed by atoms with E-state index in [1.54, 1.807) is 66.9 Å². The summed E-state index contributed by atoms with van der Waals surface area (Å²) in [5, 5.41) is 2.69. The molecule has 37 heavy (non-hydrogen) atoms. The van der Waals surface area contributed by atoms with E-state index in [1.807, 2.05) is 17.0 Å². The number of carbonyl (C=O) groups excluding carboxylic acids is 2. The second kappa shape index (κ2) is 12.9. The topological polar surface area (TPSA) is 68.3 Å². The van der Waals surface area contributed by atoms with E-state index in [4.69, 9.17) is 25.8 Å². The molecular weight excluding hydrogens is 512 g/mol. The van der Waals surface area contributed by atoms with E-state index >= 15 is 0 Å². The SMILES string of the molecule is COCCCN(CC(=O)N1CCc2sccc2[C@H]1COc1ccc(Cl)cc1)C(=O)c1ccc(OC)cc1. The van der Waals surface area contributed by atoms with Crippen LogP contribution in [0.4, 0.5) is 0 Å². The Morgan fingerprint density at radius 3 is 2.49 bits per heavy atom. The van der Waals surface area contributed by atoms with Crippen LogP contribution in [0.5, 0.6) is 11.5 Å². The van der Waals surface area contributed by atoms with Gasteiger partial charge in [-0.25, -0.2) is 0 Å². The summed E-state index contributed by atoms with van der Waals surface area (Å²) in [6.07, 6.45) is 1.41. The van der Waals surface area contributed by atoms with E-state index in [0.29, 0.717) is 54.8 Å². The van der Waals surface area contributed by atoms with E-state index in [-0.39, 0.29) is 24.4 Å². The van der Waals surface area contributed by atoms with Crippen LogP contribution in [0.25, 0.3) is 0 Å². The number of rotatable bonds is 11. The van der Waals surface area contributed by atoms with Gasteiger partial charge >= 0.3 is 0 Å². The Morgan fingerprint density at radius 2 is 1.78 bits per heavy atom. The zero-order valence-corrected chi connectivity index (χ0v) is 22.6. The fourth-order valence-corrected chi connectivity index (χ4v) is 5.46. The molecule has 0 N–H and O–H groups in total. The van der Waals surface area contributed by atoms with Gasteiger partial charge in [0.25, 0.3) is 5.91 Å². The quantitative estimate of drug-likeness (QED) is 0.316. The molecule has 7 nitrogen and oxygen atoms in total. The lowest BCUT2D eigenvalue weighted by Crippen LogP contribution is -2.48. The zero-order chi connectivity index (χ0) is 26.2. The molecule has 1 aliphatic heterocycles. The first-order valence-electron chi connectivity index (χ1n) is 12.2. The van der Waals surface area contributed by atoms with Crippen LogP contribution in [-0.2, 0) is 16.0 Å². The average Bonchev–Trinajstić information content (AvgIpc) is 3.41. The lowest BCUT2D eigenvalue weighted by molar-refractivity contribution is -0.135. The third-order valence-electron chi connectivity index (χ3n) is 6.36. The van der Waals surface area contributed by atoms with E-state index in [2.05, 4.69) is 11.4 Å². The highest BCUT2D eigenvalue weighted by molar-refractivity contribution is 7.10. The van der Waals surface area contributed by atoms with Gasteiger partial charge in [0.1, 0.15) is 24.7 Å². The maximum atomic E-state index is 13.7. The maximum absolute atomic E-state index is 13.7. The molecule has 0 unspecified atom stereocenters. The molecule has 0 radical (unpaired) electrons. The summed E-state index contributed by atoms with van der Waals surface area (Å²) >= 11 is 7.70. The van der Waals surface area contributed by atoms with Gasteiger partial charge in [-0.2, -0.15) is 0 Å². The van der Waals surface area contributed by atoms with E-state index < -0.39 is 0 Å². The van der Waals surface area contributed by atoms with Gasteiger partial charge in [-0.3, -0.25) is 9.59 Å². The van der Waals surface area contributed by atoms with Gasteiger partial charge in [0.15, 0.2) is 0 Å². The highest BCUT2D eigenvalue weighted by Gasteiger charge is 2.33. The van der Waals surface area contributed by atoms with Crippen molar-refractivity contribution >= 4 is 34.8 Å². The Balaban J connectivity index is 1.51. The Hall–Kier alpha value is -3.07. The monoisotopic (exact) mass is 542 g/mol. The molecule has 196 valence electrons. The molecule has 0 aliphatic carbocycles. The average molecular weight is 543 g/mol. The van der Waals surface area contributed by atoms with Crippen molar-refractivity contribution < 1.29 is 23.8 Å². The van der Waals surface area contributed by atoms with Crippen molar-refractivity contribution in [3.63, 3.8) is 0 Å². The van der Waals surface area contributed by atoms with Crippen molar-refractivity contribution in [2.24, 2.45) is 0 Å². The van der Waals surface area contributed by atoms with Crippen molar-refractivity contribution in [3.8, 4) is 11.5 Å². The molecule has 3 aromatic rings. The van der Waals surface area contributed by atoms with Gasteiger partial charge in [-0.15, -0.1) is 11.3 Å². The molecule has 0 saturated carbocycles. The highest BCUT2D eigenvalue weighted by Crippen LogP contribution is 2.34. The van der Waals surface area contributed by atoms with Gasteiger partial charge in [0.2, 0.25) is 5.91 Å². The molecule has 1 aliphatic rings. The van der Waals surface area contributed by atoms with Crippen molar-refractivity contribution in [3.05, 3.63) is 81.0 Å². The van der Waals surface area contributed by atoms with Gasteiger partial charge in [-0.05, 0) is 78.4 Å². The van der Waals surface area contributed by atoms with Gasteiger partial charge in [0.05, 0.1) is 13.2 Å². The molecule has 1 atom stereocenters. The number of thiophene rings is 1. The lowest BCUT2D eigenvalue weighted by Gasteiger charge is -2.37.